The van der Waals surface area contributed by atoms with E-state index in [1.54, 1.807) is 30.5 Å². The lowest BCUT2D eigenvalue weighted by molar-refractivity contribution is -0.219. The van der Waals surface area contributed by atoms with Crippen LogP contribution in [0.3, 0.4) is 0 Å². The van der Waals surface area contributed by atoms with Gasteiger partial charge in [-0.1, -0.05) is 60.7 Å². The Morgan fingerprint density at radius 2 is 1.50 bits per heavy atom. The molecule has 5 unspecified atom stereocenters. The number of aryl methyl sites for hydroxylation is 1. The van der Waals surface area contributed by atoms with E-state index in [9.17, 15) is 18.0 Å². The van der Waals surface area contributed by atoms with E-state index in [2.05, 4.69) is 5.32 Å². The quantitative estimate of drug-likeness (QED) is 0.326. The second-order valence-corrected chi connectivity index (χ2v) is 10.5. The first kappa shape index (κ1) is 28.2. The van der Waals surface area contributed by atoms with Crippen LogP contribution in [-0.2, 0) is 4.79 Å². The van der Waals surface area contributed by atoms with E-state index in [4.69, 9.17) is 0 Å². The lowest BCUT2D eigenvalue weighted by Crippen LogP contribution is -2.58. The van der Waals surface area contributed by atoms with E-state index in [1.807, 2.05) is 0 Å². The summed E-state index contributed by atoms with van der Waals surface area (Å²) in [6, 6.07) is 11.8. The van der Waals surface area contributed by atoms with Gasteiger partial charge in [0.1, 0.15) is 6.04 Å². The van der Waals surface area contributed by atoms with E-state index >= 15 is 13.2 Å². The molecule has 10 heteroatoms. The average molecular weight is 555 g/mol. The van der Waals surface area contributed by atoms with Crippen molar-refractivity contribution in [2.24, 2.45) is 5.92 Å². The number of thiophene rings is 1. The van der Waals surface area contributed by atoms with Gasteiger partial charge in [-0.3, -0.25) is 9.69 Å². The van der Waals surface area contributed by atoms with Crippen LogP contribution in [0.2, 0.25) is 0 Å². The third-order valence-electron chi connectivity index (χ3n) is 7.28. The summed E-state index contributed by atoms with van der Waals surface area (Å²) in [7, 11) is 1.39. The largest absolute Gasteiger partial charge is 0.408 e. The molecule has 0 radical (unpaired) electrons. The summed E-state index contributed by atoms with van der Waals surface area (Å²) in [5.41, 5.74) is 0.373. The maximum Gasteiger partial charge on any atom is 0.408 e. The molecule has 0 aliphatic carbocycles. The fraction of sp³-hybridized carbons (Fsp3) is 0.393. The molecule has 2 aromatic carbocycles. The Hall–Kier alpha value is -2.85. The predicted molar refractivity (Wildman–Crippen MR) is 135 cm³/mol. The van der Waals surface area contributed by atoms with E-state index in [1.165, 1.54) is 66.9 Å². The average Bonchev–Trinajstić information content (AvgIpc) is 3.29. The summed E-state index contributed by atoms with van der Waals surface area (Å²) in [6.07, 6.45) is -9.76. The summed E-state index contributed by atoms with van der Waals surface area (Å²) in [5.74, 6) is -4.80. The molecule has 1 saturated heterocycles. The molecule has 4 rings (SSSR count). The molecule has 3 nitrogen and oxygen atoms in total. The van der Waals surface area contributed by atoms with Crippen molar-refractivity contribution >= 4 is 17.2 Å². The van der Waals surface area contributed by atoms with Gasteiger partial charge >= 0.3 is 12.4 Å². The van der Waals surface area contributed by atoms with Crippen LogP contribution >= 0.6 is 11.3 Å². The maximum atomic E-state index is 15.0. The molecule has 1 aliphatic rings. The zero-order chi connectivity index (χ0) is 27.7. The second kappa shape index (κ2) is 11.1. The lowest BCUT2D eigenvalue weighted by Gasteiger charge is -2.51. The number of piperidine rings is 1. The van der Waals surface area contributed by atoms with Crippen molar-refractivity contribution in [3.63, 3.8) is 0 Å². The fourth-order valence-electron chi connectivity index (χ4n) is 5.75. The van der Waals surface area contributed by atoms with Crippen LogP contribution in [-0.4, -0.2) is 42.8 Å². The van der Waals surface area contributed by atoms with Crippen molar-refractivity contribution in [1.82, 2.24) is 10.2 Å². The molecule has 204 valence electrons. The Balaban J connectivity index is 2.02. The van der Waals surface area contributed by atoms with Crippen LogP contribution in [0.15, 0.2) is 72.1 Å². The molecular weight excluding hydrogens is 526 g/mol. The summed E-state index contributed by atoms with van der Waals surface area (Å²) >= 11 is 1.18. The van der Waals surface area contributed by atoms with E-state index in [0.29, 0.717) is 10.4 Å². The van der Waals surface area contributed by atoms with Crippen molar-refractivity contribution in [2.45, 2.75) is 49.6 Å². The van der Waals surface area contributed by atoms with Gasteiger partial charge in [-0.15, -0.1) is 11.3 Å². The van der Waals surface area contributed by atoms with Crippen molar-refractivity contribution < 1.29 is 31.1 Å². The number of alkyl halides is 6. The van der Waals surface area contributed by atoms with Gasteiger partial charge in [0.15, 0.2) is 0 Å². The minimum Gasteiger partial charge on any atom is -0.359 e. The smallest absolute Gasteiger partial charge is 0.359 e. The molecule has 1 amide bonds. The maximum absolute atomic E-state index is 15.0. The normalized spacial score (nSPS) is 22.6. The van der Waals surface area contributed by atoms with Gasteiger partial charge in [0.2, 0.25) is 5.91 Å². The van der Waals surface area contributed by atoms with Crippen molar-refractivity contribution in [2.75, 3.05) is 13.6 Å². The van der Waals surface area contributed by atoms with Gasteiger partial charge in [-0.05, 0) is 41.5 Å². The third kappa shape index (κ3) is 5.61. The highest BCUT2D eigenvalue weighted by Gasteiger charge is 2.59. The fourth-order valence-corrected chi connectivity index (χ4v) is 6.88. The monoisotopic (exact) mass is 554 g/mol. The molecule has 0 bridgehead atoms. The molecule has 1 N–H and O–H groups in total. The van der Waals surface area contributed by atoms with Crippen LogP contribution in [0.4, 0.5) is 26.3 Å². The van der Waals surface area contributed by atoms with E-state index < -0.39 is 48.1 Å². The molecule has 38 heavy (non-hydrogen) atoms. The number of nitrogens with zero attached hydrogens (tertiary/aromatic N) is 1. The number of amides is 1. The lowest BCUT2D eigenvalue weighted by atomic mass is 9.70. The minimum absolute atomic E-state index is 0.0169. The zero-order valence-corrected chi connectivity index (χ0v) is 21.6. The first-order valence-electron chi connectivity index (χ1n) is 12.2. The molecule has 3 aromatic rings. The van der Waals surface area contributed by atoms with Crippen LogP contribution in [0.5, 0.6) is 0 Å². The molecule has 1 aromatic heterocycles. The highest BCUT2D eigenvalue weighted by atomic mass is 32.1. The number of carbonyl (C=O) groups excluding carboxylic acids is 1. The first-order valence-corrected chi connectivity index (χ1v) is 13.1. The van der Waals surface area contributed by atoms with Gasteiger partial charge in [-0.25, -0.2) is 0 Å². The molecule has 5 atom stereocenters. The summed E-state index contributed by atoms with van der Waals surface area (Å²) < 4.78 is 89.5. The minimum atomic E-state index is -4.88. The highest BCUT2D eigenvalue weighted by molar-refractivity contribution is 7.10. The van der Waals surface area contributed by atoms with Crippen LogP contribution in [0.1, 0.15) is 45.9 Å². The Morgan fingerprint density at radius 1 is 0.921 bits per heavy atom. The summed E-state index contributed by atoms with van der Waals surface area (Å²) in [5, 5.41) is 4.23. The van der Waals surface area contributed by atoms with Crippen molar-refractivity contribution in [3.05, 3.63) is 93.7 Å². The number of carbonyl (C=O) groups is 1. The van der Waals surface area contributed by atoms with Gasteiger partial charge < -0.3 is 5.32 Å². The molecule has 1 aliphatic heterocycles. The van der Waals surface area contributed by atoms with Crippen LogP contribution < -0.4 is 5.32 Å². The Morgan fingerprint density at radius 3 is 1.97 bits per heavy atom. The predicted octanol–water partition coefficient (Wildman–Crippen LogP) is 7.23. The Bertz CT molecular complexity index is 1210. The van der Waals surface area contributed by atoms with Crippen molar-refractivity contribution in [1.29, 1.82) is 0 Å². The third-order valence-corrected chi connectivity index (χ3v) is 8.40. The number of hydrogen-bond acceptors (Lipinski definition) is 3. The number of rotatable bonds is 6. The van der Waals surface area contributed by atoms with Crippen molar-refractivity contribution in [3.8, 4) is 0 Å². The zero-order valence-electron chi connectivity index (χ0n) is 20.8. The first-order chi connectivity index (χ1) is 17.9. The van der Waals surface area contributed by atoms with Crippen LogP contribution in [0, 0.1) is 12.8 Å². The Labute approximate surface area is 221 Å². The standard InChI is InChI=1S/C28H28F6N2OS/c1-17-14-16-38-24(17)21-20(26(37)35-2)13-15-36(25(28(32,33)34)19-11-7-4-8-12-19)23(21)22(27(29,30)31)18-9-5-3-6-10-18/h3-12,14,16,20-23,25H,13,15H2,1-2H3,(H,35,37). The molecule has 1 fully saturated rings. The SMILES string of the molecule is CNC(=O)C1CCN(C(c2ccccc2)C(F)(F)F)C(C(c2ccccc2)C(F)(F)F)C1c1sccc1C. The van der Waals surface area contributed by atoms with Gasteiger partial charge in [0.05, 0.1) is 5.92 Å². The van der Waals surface area contributed by atoms with Gasteiger partial charge in [0.25, 0.3) is 0 Å². The highest BCUT2D eigenvalue weighted by Crippen LogP contribution is 2.54. The van der Waals surface area contributed by atoms with Gasteiger partial charge in [-0.2, -0.15) is 26.3 Å². The van der Waals surface area contributed by atoms with Crippen LogP contribution in [0.25, 0.3) is 0 Å². The topological polar surface area (TPSA) is 32.3 Å². The summed E-state index contributed by atoms with van der Waals surface area (Å²) in [4.78, 5) is 14.5. The summed E-state index contributed by atoms with van der Waals surface area (Å²) in [6.45, 7) is 1.38. The number of benzene rings is 2. The van der Waals surface area contributed by atoms with E-state index in [0.717, 1.165) is 4.90 Å². The molecule has 0 spiro atoms. The molecular formula is C28H28F6N2OS. The van der Waals surface area contributed by atoms with Gasteiger partial charge in [0, 0.05) is 36.3 Å². The number of nitrogens with one attached hydrogen (secondary N) is 1. The number of halogens is 6. The van der Waals surface area contributed by atoms with E-state index in [-0.39, 0.29) is 24.1 Å². The number of hydrogen-bond donors (Lipinski definition) is 1. The Kier molecular flexibility index (Phi) is 8.23. The molecule has 0 saturated carbocycles. The second-order valence-electron chi connectivity index (χ2n) is 9.52. The molecule has 2 heterocycles. The number of likely N-dealkylation sites (tertiary alicyclic amines) is 1.